The Hall–Kier alpha value is -1.85. The summed E-state index contributed by atoms with van der Waals surface area (Å²) in [7, 11) is 0. The first kappa shape index (κ1) is 16.0. The third-order valence-electron chi connectivity index (χ3n) is 4.53. The Kier molecular flexibility index (Phi) is 4.68. The SMILES string of the molecule is CC(N)C1CCN(C(=O)c2cc(-c3ccccc3Cl)n[nH]2)CC1. The van der Waals surface area contributed by atoms with Gasteiger partial charge in [0.2, 0.25) is 0 Å². The molecule has 1 saturated heterocycles. The van der Waals surface area contributed by atoms with E-state index in [2.05, 4.69) is 10.2 Å². The van der Waals surface area contributed by atoms with Gasteiger partial charge in [-0.2, -0.15) is 5.10 Å². The topological polar surface area (TPSA) is 75.0 Å². The van der Waals surface area contributed by atoms with E-state index in [0.29, 0.717) is 22.3 Å². The maximum atomic E-state index is 12.6. The quantitative estimate of drug-likeness (QED) is 0.907. The average Bonchev–Trinajstić information content (AvgIpc) is 3.04. The number of benzene rings is 1. The first-order chi connectivity index (χ1) is 11.1. The number of nitrogens with two attached hydrogens (primary N) is 1. The zero-order valence-corrected chi connectivity index (χ0v) is 13.9. The summed E-state index contributed by atoms with van der Waals surface area (Å²) in [5.41, 5.74) is 7.95. The molecule has 3 rings (SSSR count). The third kappa shape index (κ3) is 3.41. The van der Waals surface area contributed by atoms with Crippen LogP contribution in [0.3, 0.4) is 0 Å². The number of piperidine rings is 1. The highest BCUT2D eigenvalue weighted by molar-refractivity contribution is 6.33. The van der Waals surface area contributed by atoms with Gasteiger partial charge in [0.1, 0.15) is 5.69 Å². The summed E-state index contributed by atoms with van der Waals surface area (Å²) in [5.74, 6) is 0.485. The number of carbonyl (C=O) groups excluding carboxylic acids is 1. The van der Waals surface area contributed by atoms with Crippen molar-refractivity contribution in [3.63, 3.8) is 0 Å². The molecule has 1 aliphatic rings. The number of nitrogens with one attached hydrogen (secondary N) is 1. The normalized spacial score (nSPS) is 17.3. The summed E-state index contributed by atoms with van der Waals surface area (Å²) in [5, 5.41) is 7.69. The average molecular weight is 333 g/mol. The molecule has 0 bridgehead atoms. The molecule has 0 aliphatic carbocycles. The van der Waals surface area contributed by atoms with Gasteiger partial charge in [-0.15, -0.1) is 0 Å². The van der Waals surface area contributed by atoms with Crippen LogP contribution in [0.5, 0.6) is 0 Å². The van der Waals surface area contributed by atoms with Crippen molar-refractivity contribution in [3.05, 3.63) is 41.0 Å². The summed E-state index contributed by atoms with van der Waals surface area (Å²) < 4.78 is 0. The van der Waals surface area contributed by atoms with Gasteiger partial charge in [-0.1, -0.05) is 29.8 Å². The third-order valence-corrected chi connectivity index (χ3v) is 4.86. The van der Waals surface area contributed by atoms with Gasteiger partial charge in [0.15, 0.2) is 0 Å². The molecule has 1 aliphatic heterocycles. The molecule has 6 heteroatoms. The molecule has 1 unspecified atom stereocenters. The van der Waals surface area contributed by atoms with E-state index in [9.17, 15) is 4.79 Å². The Bertz CT molecular complexity index is 689. The smallest absolute Gasteiger partial charge is 0.271 e. The van der Waals surface area contributed by atoms with Gasteiger partial charge >= 0.3 is 0 Å². The lowest BCUT2D eigenvalue weighted by Gasteiger charge is -2.33. The van der Waals surface area contributed by atoms with Crippen LogP contribution in [0.15, 0.2) is 30.3 Å². The van der Waals surface area contributed by atoms with Crippen LogP contribution >= 0.6 is 11.6 Å². The number of hydrogen-bond acceptors (Lipinski definition) is 3. The molecule has 0 spiro atoms. The van der Waals surface area contributed by atoms with Crippen molar-refractivity contribution in [3.8, 4) is 11.3 Å². The van der Waals surface area contributed by atoms with Crippen LogP contribution in [-0.4, -0.2) is 40.1 Å². The van der Waals surface area contributed by atoms with E-state index in [1.807, 2.05) is 36.1 Å². The second kappa shape index (κ2) is 6.72. The van der Waals surface area contributed by atoms with E-state index in [1.54, 1.807) is 6.07 Å². The highest BCUT2D eigenvalue weighted by atomic mass is 35.5. The minimum Gasteiger partial charge on any atom is -0.337 e. The number of likely N-dealkylation sites (tertiary alicyclic amines) is 1. The van der Waals surface area contributed by atoms with Gasteiger partial charge in [0.25, 0.3) is 5.91 Å². The number of halogens is 1. The lowest BCUT2D eigenvalue weighted by Crippen LogP contribution is -2.42. The fraction of sp³-hybridized carbons (Fsp3) is 0.412. The number of aromatic nitrogens is 2. The van der Waals surface area contributed by atoms with Gasteiger partial charge in [-0.25, -0.2) is 0 Å². The molecule has 5 nitrogen and oxygen atoms in total. The molecule has 122 valence electrons. The van der Waals surface area contributed by atoms with Gasteiger partial charge in [0, 0.05) is 24.7 Å². The molecule has 23 heavy (non-hydrogen) atoms. The van der Waals surface area contributed by atoms with Crippen LogP contribution in [0, 0.1) is 5.92 Å². The van der Waals surface area contributed by atoms with Crippen molar-refractivity contribution >= 4 is 17.5 Å². The van der Waals surface area contributed by atoms with E-state index < -0.39 is 0 Å². The highest BCUT2D eigenvalue weighted by Crippen LogP contribution is 2.27. The van der Waals surface area contributed by atoms with Crippen molar-refractivity contribution < 1.29 is 4.79 Å². The lowest BCUT2D eigenvalue weighted by molar-refractivity contribution is 0.0675. The fourth-order valence-electron chi connectivity index (χ4n) is 3.04. The Morgan fingerprint density at radius 1 is 1.39 bits per heavy atom. The largest absolute Gasteiger partial charge is 0.337 e. The molecule has 2 heterocycles. The fourth-order valence-corrected chi connectivity index (χ4v) is 3.27. The monoisotopic (exact) mass is 332 g/mol. The van der Waals surface area contributed by atoms with Crippen LogP contribution in [0.1, 0.15) is 30.3 Å². The predicted molar refractivity (Wildman–Crippen MR) is 91.3 cm³/mol. The zero-order valence-electron chi connectivity index (χ0n) is 13.1. The van der Waals surface area contributed by atoms with E-state index in [-0.39, 0.29) is 11.9 Å². The van der Waals surface area contributed by atoms with Gasteiger partial charge in [-0.05, 0) is 37.8 Å². The Labute approximate surface area is 140 Å². The molecule has 3 N–H and O–H groups in total. The second-order valence-corrected chi connectivity index (χ2v) is 6.54. The first-order valence-corrected chi connectivity index (χ1v) is 8.29. The van der Waals surface area contributed by atoms with Crippen molar-refractivity contribution in [1.29, 1.82) is 0 Å². The van der Waals surface area contributed by atoms with E-state index in [1.165, 1.54) is 0 Å². The van der Waals surface area contributed by atoms with Crippen molar-refractivity contribution in [2.45, 2.75) is 25.8 Å². The van der Waals surface area contributed by atoms with E-state index >= 15 is 0 Å². The Balaban J connectivity index is 1.71. The number of carbonyl (C=O) groups is 1. The van der Waals surface area contributed by atoms with E-state index in [0.717, 1.165) is 31.5 Å². The van der Waals surface area contributed by atoms with Crippen LogP contribution < -0.4 is 5.73 Å². The standard InChI is InChI=1S/C17H21ClN4O/c1-11(19)12-6-8-22(9-7-12)17(23)16-10-15(20-21-16)13-4-2-3-5-14(13)18/h2-5,10-12H,6-9,19H2,1H3,(H,20,21). The summed E-state index contributed by atoms with van der Waals surface area (Å²) in [6.07, 6.45) is 1.91. The molecular weight excluding hydrogens is 312 g/mol. The summed E-state index contributed by atoms with van der Waals surface area (Å²) in [4.78, 5) is 14.5. The number of amides is 1. The number of H-pyrrole nitrogens is 1. The van der Waals surface area contributed by atoms with Gasteiger partial charge in [-0.3, -0.25) is 9.89 Å². The number of hydrogen-bond donors (Lipinski definition) is 2. The van der Waals surface area contributed by atoms with Crippen LogP contribution in [0.4, 0.5) is 0 Å². The molecule has 2 aromatic rings. The molecule has 1 aromatic carbocycles. The Morgan fingerprint density at radius 3 is 2.74 bits per heavy atom. The second-order valence-electron chi connectivity index (χ2n) is 6.14. The van der Waals surface area contributed by atoms with Crippen LogP contribution in [0.2, 0.25) is 5.02 Å². The predicted octanol–water partition coefficient (Wildman–Crippen LogP) is 2.93. The molecule has 0 radical (unpaired) electrons. The molecule has 1 atom stereocenters. The van der Waals surface area contributed by atoms with Crippen LogP contribution in [-0.2, 0) is 0 Å². The molecule has 0 saturated carbocycles. The van der Waals surface area contributed by atoms with Crippen molar-refractivity contribution in [2.75, 3.05) is 13.1 Å². The summed E-state index contributed by atoms with van der Waals surface area (Å²) in [6, 6.07) is 9.42. The number of nitrogens with zero attached hydrogens (tertiary/aromatic N) is 2. The molecule has 1 fully saturated rings. The van der Waals surface area contributed by atoms with Crippen molar-refractivity contribution in [2.24, 2.45) is 11.7 Å². The summed E-state index contributed by atoms with van der Waals surface area (Å²) in [6.45, 7) is 3.52. The Morgan fingerprint density at radius 2 is 2.09 bits per heavy atom. The lowest BCUT2D eigenvalue weighted by atomic mass is 9.91. The van der Waals surface area contributed by atoms with E-state index in [4.69, 9.17) is 17.3 Å². The zero-order chi connectivity index (χ0) is 16.4. The maximum absolute atomic E-state index is 12.6. The first-order valence-electron chi connectivity index (χ1n) is 7.91. The maximum Gasteiger partial charge on any atom is 0.271 e. The molecular formula is C17H21ClN4O. The minimum absolute atomic E-state index is 0.0149. The van der Waals surface area contributed by atoms with Crippen molar-refractivity contribution in [1.82, 2.24) is 15.1 Å². The van der Waals surface area contributed by atoms with Crippen LogP contribution in [0.25, 0.3) is 11.3 Å². The highest BCUT2D eigenvalue weighted by Gasteiger charge is 2.26. The van der Waals surface area contributed by atoms with Gasteiger partial charge in [0.05, 0.1) is 10.7 Å². The summed E-state index contributed by atoms with van der Waals surface area (Å²) >= 11 is 6.18. The molecule has 1 aromatic heterocycles. The minimum atomic E-state index is -0.0149. The number of rotatable bonds is 3. The van der Waals surface area contributed by atoms with Gasteiger partial charge < -0.3 is 10.6 Å². The number of aromatic amines is 1. The molecule has 1 amide bonds.